The second-order valence-corrected chi connectivity index (χ2v) is 11.6. The van der Waals surface area contributed by atoms with Gasteiger partial charge in [-0.1, -0.05) is 31.9 Å². The summed E-state index contributed by atoms with van der Waals surface area (Å²) in [4.78, 5) is 41.6. The van der Waals surface area contributed by atoms with E-state index in [9.17, 15) is 14.4 Å². The van der Waals surface area contributed by atoms with E-state index >= 15 is 0 Å². The third-order valence-corrected chi connectivity index (χ3v) is 4.92. The molecule has 0 heterocycles. The van der Waals surface area contributed by atoms with Gasteiger partial charge in [0.05, 0.1) is 0 Å². The minimum Gasteiger partial charge on any atom is -0.444 e. The van der Waals surface area contributed by atoms with Gasteiger partial charge in [-0.25, -0.2) is 4.79 Å². The van der Waals surface area contributed by atoms with Crippen LogP contribution < -0.4 is 10.6 Å². The quantitative estimate of drug-likeness (QED) is 0.518. The maximum atomic E-state index is 14.0. The standard InChI is InChI=1S/C28H43N3O4/c1-12-20-13-15-21(16-14-20)23(24(32)30-27(6,7)8)31(19(4)5)25(33)22(17-18(2)3)29-26(34)35-28(9,10)11/h1,13-16,18-19,22-23H,17H2,2-11H3,(H,29,34)(H,30,32). The number of carbonyl (C=O) groups excluding carboxylic acids is 3. The number of benzene rings is 1. The maximum absolute atomic E-state index is 14.0. The SMILES string of the molecule is C#Cc1ccc(C(C(=O)NC(C)(C)C)N(C(=O)C(CC(C)C)NC(=O)OC(C)(C)C)C(C)C)cc1. The van der Waals surface area contributed by atoms with E-state index in [2.05, 4.69) is 16.6 Å². The highest BCUT2D eigenvalue weighted by molar-refractivity contribution is 5.92. The second-order valence-electron chi connectivity index (χ2n) is 11.6. The smallest absolute Gasteiger partial charge is 0.408 e. The highest BCUT2D eigenvalue weighted by Gasteiger charge is 2.38. The first-order valence-corrected chi connectivity index (χ1v) is 12.2. The molecule has 0 saturated carbocycles. The van der Waals surface area contributed by atoms with Crippen LogP contribution in [0.1, 0.15) is 92.8 Å². The summed E-state index contributed by atoms with van der Waals surface area (Å²) < 4.78 is 5.41. The van der Waals surface area contributed by atoms with Gasteiger partial charge in [0.1, 0.15) is 17.7 Å². The summed E-state index contributed by atoms with van der Waals surface area (Å²) in [5, 5.41) is 5.74. The van der Waals surface area contributed by atoms with Crippen molar-refractivity contribution in [1.82, 2.24) is 15.5 Å². The van der Waals surface area contributed by atoms with Crippen molar-refractivity contribution in [3.8, 4) is 12.3 Å². The van der Waals surface area contributed by atoms with E-state index in [4.69, 9.17) is 11.2 Å². The molecule has 2 unspecified atom stereocenters. The van der Waals surface area contributed by atoms with E-state index in [1.54, 1.807) is 45.0 Å². The number of alkyl carbamates (subject to hydrolysis) is 1. The lowest BCUT2D eigenvalue weighted by Gasteiger charge is -2.38. The molecule has 1 aromatic carbocycles. The molecule has 7 heteroatoms. The highest BCUT2D eigenvalue weighted by Crippen LogP contribution is 2.27. The number of hydrogen-bond acceptors (Lipinski definition) is 4. The van der Waals surface area contributed by atoms with Gasteiger partial charge in [-0.15, -0.1) is 6.42 Å². The molecule has 2 N–H and O–H groups in total. The van der Waals surface area contributed by atoms with E-state index < -0.39 is 29.3 Å². The van der Waals surface area contributed by atoms with Gasteiger partial charge >= 0.3 is 6.09 Å². The molecule has 0 fully saturated rings. The van der Waals surface area contributed by atoms with Crippen LogP contribution in [-0.2, 0) is 14.3 Å². The minimum absolute atomic E-state index is 0.115. The van der Waals surface area contributed by atoms with Gasteiger partial charge in [0.15, 0.2) is 0 Å². The first-order chi connectivity index (χ1) is 15.9. The van der Waals surface area contributed by atoms with Crippen LogP contribution in [0, 0.1) is 18.3 Å². The van der Waals surface area contributed by atoms with Crippen LogP contribution in [-0.4, -0.2) is 46.0 Å². The number of rotatable bonds is 8. The Kier molecular flexibility index (Phi) is 10.4. The average molecular weight is 486 g/mol. The Balaban J connectivity index is 3.51. The Morgan fingerprint density at radius 3 is 1.94 bits per heavy atom. The molecule has 0 spiro atoms. The summed E-state index contributed by atoms with van der Waals surface area (Å²) in [6.45, 7) is 18.6. The van der Waals surface area contributed by atoms with E-state index in [1.807, 2.05) is 48.5 Å². The maximum Gasteiger partial charge on any atom is 0.408 e. The van der Waals surface area contributed by atoms with E-state index in [1.165, 1.54) is 4.90 Å². The minimum atomic E-state index is -0.913. The molecule has 0 radical (unpaired) electrons. The lowest BCUT2D eigenvalue weighted by atomic mass is 9.96. The fourth-order valence-electron chi connectivity index (χ4n) is 3.64. The highest BCUT2D eigenvalue weighted by atomic mass is 16.6. The van der Waals surface area contributed by atoms with Gasteiger partial charge in [0, 0.05) is 17.1 Å². The summed E-state index contributed by atoms with van der Waals surface area (Å²) in [6, 6.07) is 4.93. The average Bonchev–Trinajstić information content (AvgIpc) is 2.67. The molecule has 0 aliphatic heterocycles. The zero-order valence-electron chi connectivity index (χ0n) is 23.0. The number of nitrogens with zero attached hydrogens (tertiary/aromatic N) is 1. The summed E-state index contributed by atoms with van der Waals surface area (Å²) in [5.41, 5.74) is 0.0938. The molecule has 0 aromatic heterocycles. The topological polar surface area (TPSA) is 87.7 Å². The monoisotopic (exact) mass is 485 g/mol. The molecule has 1 rings (SSSR count). The molecule has 0 aliphatic carbocycles. The van der Waals surface area contributed by atoms with Gasteiger partial charge in [-0.2, -0.15) is 0 Å². The Bertz CT molecular complexity index is 915. The van der Waals surface area contributed by atoms with Crippen LogP contribution in [0.4, 0.5) is 4.79 Å². The van der Waals surface area contributed by atoms with Crippen molar-refractivity contribution < 1.29 is 19.1 Å². The molecule has 0 bridgehead atoms. The Hall–Kier alpha value is -3.01. The number of carbonyl (C=O) groups is 3. The van der Waals surface area contributed by atoms with Crippen LogP contribution in [0.5, 0.6) is 0 Å². The summed E-state index contributed by atoms with van der Waals surface area (Å²) in [6.07, 6.45) is 5.23. The third-order valence-electron chi connectivity index (χ3n) is 4.92. The second kappa shape index (κ2) is 12.1. The fourth-order valence-corrected chi connectivity index (χ4v) is 3.64. The van der Waals surface area contributed by atoms with Crippen LogP contribution >= 0.6 is 0 Å². The van der Waals surface area contributed by atoms with E-state index in [-0.39, 0.29) is 23.8 Å². The molecule has 0 saturated heterocycles. The van der Waals surface area contributed by atoms with Gasteiger partial charge in [-0.3, -0.25) is 9.59 Å². The van der Waals surface area contributed by atoms with Gasteiger partial charge in [-0.05, 0) is 85.4 Å². The molecule has 2 atom stereocenters. The fraction of sp³-hybridized carbons (Fsp3) is 0.607. The van der Waals surface area contributed by atoms with Gasteiger partial charge in [0.25, 0.3) is 0 Å². The van der Waals surface area contributed by atoms with Crippen molar-refractivity contribution >= 4 is 17.9 Å². The van der Waals surface area contributed by atoms with Crippen molar-refractivity contribution in [3.05, 3.63) is 35.4 Å². The van der Waals surface area contributed by atoms with Crippen LogP contribution in [0.15, 0.2) is 24.3 Å². The molecule has 194 valence electrons. The zero-order chi connectivity index (χ0) is 27.1. The molecule has 3 amide bonds. The number of ether oxygens (including phenoxy) is 1. The summed E-state index contributed by atoms with van der Waals surface area (Å²) in [7, 11) is 0. The summed E-state index contributed by atoms with van der Waals surface area (Å²) >= 11 is 0. The van der Waals surface area contributed by atoms with Crippen molar-refractivity contribution in [2.75, 3.05) is 0 Å². The molecule has 7 nitrogen and oxygen atoms in total. The van der Waals surface area contributed by atoms with Crippen molar-refractivity contribution in [3.63, 3.8) is 0 Å². The Morgan fingerprint density at radius 2 is 1.54 bits per heavy atom. The van der Waals surface area contributed by atoms with Gasteiger partial charge < -0.3 is 20.3 Å². The lowest BCUT2D eigenvalue weighted by molar-refractivity contribution is -0.145. The van der Waals surface area contributed by atoms with E-state index in [0.29, 0.717) is 17.5 Å². The van der Waals surface area contributed by atoms with Crippen LogP contribution in [0.25, 0.3) is 0 Å². The number of amides is 3. The molecule has 0 aliphatic rings. The first-order valence-electron chi connectivity index (χ1n) is 12.2. The largest absolute Gasteiger partial charge is 0.444 e. The molecule has 1 aromatic rings. The first kappa shape index (κ1) is 30.0. The Morgan fingerprint density at radius 1 is 1.00 bits per heavy atom. The number of nitrogens with one attached hydrogen (secondary N) is 2. The van der Waals surface area contributed by atoms with Crippen LogP contribution in [0.2, 0.25) is 0 Å². The third kappa shape index (κ3) is 10.0. The van der Waals surface area contributed by atoms with E-state index in [0.717, 1.165) is 0 Å². The van der Waals surface area contributed by atoms with Crippen LogP contribution in [0.3, 0.4) is 0 Å². The van der Waals surface area contributed by atoms with Gasteiger partial charge in [0.2, 0.25) is 11.8 Å². The number of terminal acetylenes is 1. The lowest BCUT2D eigenvalue weighted by Crippen LogP contribution is -2.56. The van der Waals surface area contributed by atoms with Crippen molar-refractivity contribution in [2.24, 2.45) is 5.92 Å². The molecule has 35 heavy (non-hydrogen) atoms. The Labute approximate surface area is 211 Å². The normalized spacial score (nSPS) is 13.6. The summed E-state index contributed by atoms with van der Waals surface area (Å²) in [5.74, 6) is 2.02. The molecular weight excluding hydrogens is 442 g/mol. The van der Waals surface area contributed by atoms with Crippen molar-refractivity contribution in [1.29, 1.82) is 0 Å². The zero-order valence-corrected chi connectivity index (χ0v) is 23.0. The molecular formula is C28H43N3O4. The van der Waals surface area contributed by atoms with Crippen molar-refractivity contribution in [2.45, 2.75) is 105 Å². The predicted octanol–water partition coefficient (Wildman–Crippen LogP) is 4.80. The predicted molar refractivity (Wildman–Crippen MR) is 140 cm³/mol. The number of hydrogen-bond donors (Lipinski definition) is 2.